The molecular formula is C27H26N4O3S. The minimum absolute atomic E-state index is 0.0825. The summed E-state index contributed by atoms with van der Waals surface area (Å²) in [6.07, 6.45) is 3.03. The molecule has 35 heavy (non-hydrogen) atoms. The highest BCUT2D eigenvalue weighted by Gasteiger charge is 2.23. The normalized spacial score (nSPS) is 14.7. The van der Waals surface area contributed by atoms with Crippen molar-refractivity contribution < 1.29 is 13.2 Å². The van der Waals surface area contributed by atoms with Crippen LogP contribution < -0.4 is 4.72 Å². The number of amides is 1. The van der Waals surface area contributed by atoms with Crippen molar-refractivity contribution in [1.29, 1.82) is 0 Å². The molecule has 2 heterocycles. The fraction of sp³-hybridized carbons (Fsp3) is 0.185. The molecule has 1 aromatic heterocycles. The zero-order valence-corrected chi connectivity index (χ0v) is 20.0. The van der Waals surface area contributed by atoms with E-state index in [1.807, 2.05) is 4.90 Å². The first-order valence-corrected chi connectivity index (χ1v) is 13.0. The Labute approximate surface area is 205 Å². The van der Waals surface area contributed by atoms with Gasteiger partial charge in [-0.1, -0.05) is 42.5 Å². The lowest BCUT2D eigenvalue weighted by atomic mass is 10.0. The number of fused-ring (bicyclic) bond motifs is 1. The van der Waals surface area contributed by atoms with Crippen LogP contribution in [0, 0.1) is 0 Å². The first-order chi connectivity index (χ1) is 17.0. The molecule has 3 aromatic carbocycles. The van der Waals surface area contributed by atoms with E-state index < -0.39 is 10.0 Å². The number of aromatic nitrogens is 1. The zero-order valence-electron chi connectivity index (χ0n) is 19.2. The molecule has 0 aliphatic carbocycles. The Balaban J connectivity index is 1.20. The lowest BCUT2D eigenvalue weighted by molar-refractivity contribution is 0.0629. The summed E-state index contributed by atoms with van der Waals surface area (Å²) in [5.74, 6) is -0.0825. The molecule has 7 nitrogen and oxygen atoms in total. The van der Waals surface area contributed by atoms with Crippen LogP contribution in [0.15, 0.2) is 96.2 Å². The van der Waals surface area contributed by atoms with Gasteiger partial charge >= 0.3 is 0 Å². The summed E-state index contributed by atoms with van der Waals surface area (Å²) in [6.45, 7) is 3.69. The van der Waals surface area contributed by atoms with Crippen molar-refractivity contribution in [2.75, 3.05) is 30.9 Å². The van der Waals surface area contributed by atoms with Gasteiger partial charge in [0.2, 0.25) is 0 Å². The third-order valence-electron chi connectivity index (χ3n) is 6.28. The number of hydrogen-bond acceptors (Lipinski definition) is 5. The number of pyridine rings is 1. The second-order valence-corrected chi connectivity index (χ2v) is 10.3. The van der Waals surface area contributed by atoms with Gasteiger partial charge in [0, 0.05) is 50.7 Å². The molecule has 0 bridgehead atoms. The van der Waals surface area contributed by atoms with Crippen LogP contribution >= 0.6 is 0 Å². The summed E-state index contributed by atoms with van der Waals surface area (Å²) in [5, 5.41) is 2.50. The van der Waals surface area contributed by atoms with Crippen molar-refractivity contribution in [2.24, 2.45) is 0 Å². The average molecular weight is 487 g/mol. The minimum Gasteiger partial charge on any atom is -0.336 e. The molecule has 0 radical (unpaired) electrons. The molecule has 0 saturated carbocycles. The van der Waals surface area contributed by atoms with Gasteiger partial charge in [-0.05, 0) is 52.7 Å². The van der Waals surface area contributed by atoms with Crippen molar-refractivity contribution in [1.82, 2.24) is 14.8 Å². The first-order valence-electron chi connectivity index (χ1n) is 11.5. The number of anilines is 1. The number of hydrogen-bond donors (Lipinski definition) is 1. The van der Waals surface area contributed by atoms with Crippen molar-refractivity contribution >= 4 is 32.4 Å². The number of sulfonamides is 1. The largest absolute Gasteiger partial charge is 0.336 e. The van der Waals surface area contributed by atoms with Gasteiger partial charge in [0.1, 0.15) is 0 Å². The van der Waals surface area contributed by atoms with Gasteiger partial charge in [0.25, 0.3) is 15.9 Å². The summed E-state index contributed by atoms with van der Waals surface area (Å²) in [5.41, 5.74) is 2.21. The molecule has 1 amide bonds. The van der Waals surface area contributed by atoms with E-state index in [-0.39, 0.29) is 10.8 Å². The molecule has 5 rings (SSSR count). The Bertz CT molecular complexity index is 1430. The zero-order chi connectivity index (χ0) is 24.3. The molecule has 0 unspecified atom stereocenters. The monoisotopic (exact) mass is 486 g/mol. The molecule has 0 spiro atoms. The van der Waals surface area contributed by atoms with Crippen molar-refractivity contribution in [3.05, 3.63) is 102 Å². The maximum absolute atomic E-state index is 13.0. The summed E-state index contributed by atoms with van der Waals surface area (Å²) >= 11 is 0. The van der Waals surface area contributed by atoms with E-state index in [0.717, 1.165) is 19.6 Å². The third-order valence-corrected chi connectivity index (χ3v) is 7.67. The number of rotatable bonds is 6. The van der Waals surface area contributed by atoms with E-state index in [4.69, 9.17) is 0 Å². The SMILES string of the molecule is O=C(c1ccc(S(=O)(=O)Nc2ccncc2)cc1)N1CCN(Cc2cccc3ccccc23)CC1. The van der Waals surface area contributed by atoms with Crippen LogP contribution in [0.5, 0.6) is 0 Å². The number of nitrogens with zero attached hydrogens (tertiary/aromatic N) is 3. The van der Waals surface area contributed by atoms with Crippen LogP contribution in [-0.2, 0) is 16.6 Å². The standard InChI is InChI=1S/C27H26N4O3S/c32-27(22-8-10-25(11-9-22)35(33,34)29-24-12-14-28-15-13-24)31-18-16-30(17-19-31)20-23-6-3-5-21-4-1-2-7-26(21)23/h1-15H,16-20H2,(H,28,29). The Morgan fingerprint density at radius 3 is 2.26 bits per heavy atom. The maximum Gasteiger partial charge on any atom is 0.261 e. The highest BCUT2D eigenvalue weighted by molar-refractivity contribution is 7.92. The fourth-order valence-corrected chi connectivity index (χ4v) is 5.43. The number of benzene rings is 3. The van der Waals surface area contributed by atoms with Gasteiger partial charge in [0.15, 0.2) is 0 Å². The van der Waals surface area contributed by atoms with E-state index >= 15 is 0 Å². The van der Waals surface area contributed by atoms with Crippen LogP contribution in [-0.4, -0.2) is 55.3 Å². The van der Waals surface area contributed by atoms with Crippen LogP contribution in [0.4, 0.5) is 5.69 Å². The van der Waals surface area contributed by atoms with Gasteiger partial charge in [-0.15, -0.1) is 0 Å². The second kappa shape index (κ2) is 9.85. The van der Waals surface area contributed by atoms with Gasteiger partial charge in [-0.2, -0.15) is 0 Å². The average Bonchev–Trinajstić information content (AvgIpc) is 2.89. The smallest absolute Gasteiger partial charge is 0.261 e. The topological polar surface area (TPSA) is 82.6 Å². The van der Waals surface area contributed by atoms with E-state index in [2.05, 4.69) is 57.1 Å². The van der Waals surface area contributed by atoms with Crippen molar-refractivity contribution in [3.8, 4) is 0 Å². The van der Waals surface area contributed by atoms with Crippen LogP contribution in [0.1, 0.15) is 15.9 Å². The highest BCUT2D eigenvalue weighted by Crippen LogP contribution is 2.21. The van der Waals surface area contributed by atoms with Crippen LogP contribution in [0.2, 0.25) is 0 Å². The quantitative estimate of drug-likeness (QED) is 0.446. The molecule has 4 aromatic rings. The lowest BCUT2D eigenvalue weighted by Crippen LogP contribution is -2.48. The van der Waals surface area contributed by atoms with Gasteiger partial charge in [-0.25, -0.2) is 8.42 Å². The van der Waals surface area contributed by atoms with E-state index in [9.17, 15) is 13.2 Å². The molecule has 1 aliphatic rings. The lowest BCUT2D eigenvalue weighted by Gasteiger charge is -2.35. The van der Waals surface area contributed by atoms with Crippen LogP contribution in [0.25, 0.3) is 10.8 Å². The van der Waals surface area contributed by atoms with Crippen molar-refractivity contribution in [2.45, 2.75) is 11.4 Å². The van der Waals surface area contributed by atoms with E-state index in [1.165, 1.54) is 40.9 Å². The number of carbonyl (C=O) groups is 1. The fourth-order valence-electron chi connectivity index (χ4n) is 4.37. The molecule has 178 valence electrons. The summed E-state index contributed by atoms with van der Waals surface area (Å²) in [6, 6.07) is 24.0. The highest BCUT2D eigenvalue weighted by atomic mass is 32.2. The molecule has 1 saturated heterocycles. The summed E-state index contributed by atoms with van der Waals surface area (Å²) in [4.78, 5) is 21.2. The third kappa shape index (κ3) is 5.18. The van der Waals surface area contributed by atoms with Gasteiger partial charge < -0.3 is 4.90 Å². The Morgan fingerprint density at radius 2 is 1.51 bits per heavy atom. The van der Waals surface area contributed by atoms with Gasteiger partial charge in [-0.3, -0.25) is 19.4 Å². The predicted octanol–water partition coefficient (Wildman–Crippen LogP) is 3.99. The molecule has 1 N–H and O–H groups in total. The molecule has 8 heteroatoms. The molecule has 1 aliphatic heterocycles. The number of piperazine rings is 1. The minimum atomic E-state index is -3.74. The molecule has 0 atom stereocenters. The Hall–Kier alpha value is -3.75. The van der Waals surface area contributed by atoms with E-state index in [1.54, 1.807) is 24.3 Å². The number of carbonyl (C=O) groups excluding carboxylic acids is 1. The molecule has 1 fully saturated rings. The van der Waals surface area contributed by atoms with Crippen LogP contribution in [0.3, 0.4) is 0 Å². The Kier molecular flexibility index (Phi) is 6.48. The van der Waals surface area contributed by atoms with Gasteiger partial charge in [0.05, 0.1) is 10.6 Å². The number of nitrogens with one attached hydrogen (secondary N) is 1. The predicted molar refractivity (Wildman–Crippen MR) is 137 cm³/mol. The first kappa shape index (κ1) is 23.0. The second-order valence-electron chi connectivity index (χ2n) is 8.57. The summed E-state index contributed by atoms with van der Waals surface area (Å²) in [7, 11) is -3.74. The Morgan fingerprint density at radius 1 is 0.829 bits per heavy atom. The van der Waals surface area contributed by atoms with E-state index in [0.29, 0.717) is 24.3 Å². The van der Waals surface area contributed by atoms with Crippen molar-refractivity contribution in [3.63, 3.8) is 0 Å². The molecular weight excluding hydrogens is 460 g/mol. The summed E-state index contributed by atoms with van der Waals surface area (Å²) < 4.78 is 27.8. The maximum atomic E-state index is 13.0.